The van der Waals surface area contributed by atoms with Gasteiger partial charge in [-0.2, -0.15) is 9.97 Å². The van der Waals surface area contributed by atoms with Gasteiger partial charge in [0, 0.05) is 35.8 Å². The number of benzene rings is 1. The molecule has 10 nitrogen and oxygen atoms in total. The average Bonchev–Trinajstić information content (AvgIpc) is 3.69. The zero-order chi connectivity index (χ0) is 25.6. The number of ether oxygens (including phenoxy) is 2. The second-order valence-electron chi connectivity index (χ2n) is 9.79. The molecular formula is C28H25N7O3. The first-order valence-corrected chi connectivity index (χ1v) is 12.7. The number of H-pyrrole nitrogens is 1. The molecule has 3 N–H and O–H groups in total. The number of carbonyl (C=O) groups is 1. The van der Waals surface area contributed by atoms with Crippen molar-refractivity contribution in [1.82, 2.24) is 24.9 Å². The highest BCUT2D eigenvalue weighted by molar-refractivity contribution is 6.03. The molecule has 1 aromatic carbocycles. The summed E-state index contributed by atoms with van der Waals surface area (Å²) < 4.78 is 12.1. The van der Waals surface area contributed by atoms with Crippen LogP contribution in [0.25, 0.3) is 33.1 Å². The van der Waals surface area contributed by atoms with E-state index in [0.29, 0.717) is 36.1 Å². The van der Waals surface area contributed by atoms with E-state index < -0.39 is 0 Å². The molecule has 1 atom stereocenters. The lowest BCUT2D eigenvalue weighted by molar-refractivity contribution is -0.117. The van der Waals surface area contributed by atoms with E-state index in [1.54, 1.807) is 18.6 Å². The van der Waals surface area contributed by atoms with Crippen LogP contribution in [-0.4, -0.2) is 43.5 Å². The minimum atomic E-state index is -0.192. The van der Waals surface area contributed by atoms with Crippen LogP contribution in [0.2, 0.25) is 0 Å². The lowest BCUT2D eigenvalue weighted by atomic mass is 10.0. The van der Waals surface area contributed by atoms with Crippen LogP contribution >= 0.6 is 0 Å². The molecule has 2 aliphatic rings. The first-order chi connectivity index (χ1) is 18.6. The quantitative estimate of drug-likeness (QED) is 0.314. The van der Waals surface area contributed by atoms with Gasteiger partial charge in [-0.3, -0.25) is 20.1 Å². The van der Waals surface area contributed by atoms with Gasteiger partial charge in [0.15, 0.2) is 0 Å². The standard InChI is InChI=1S/C28H25N7O3/c1-15-14-37-20-6-16(9-29-11-20)10-31-25-24-22(18-4-5-23-19(7-18)8-21(38-15)12-30-23)13-32-26(24)34-28(33-25)35-27(36)17-2-3-17/h4-9,11-13,15,17H,2-3,10,14H2,1H3,(H3,31,32,33,34,35,36). The Kier molecular flexibility index (Phi) is 5.31. The fourth-order valence-corrected chi connectivity index (χ4v) is 4.65. The number of carbonyl (C=O) groups excluding carboxylic acids is 1. The maximum atomic E-state index is 12.4. The lowest BCUT2D eigenvalue weighted by Gasteiger charge is -2.16. The van der Waals surface area contributed by atoms with Gasteiger partial charge in [0.1, 0.15) is 35.7 Å². The molecule has 7 rings (SSSR count). The van der Waals surface area contributed by atoms with Crippen LogP contribution in [0.4, 0.5) is 11.8 Å². The van der Waals surface area contributed by atoms with Gasteiger partial charge in [0.25, 0.3) is 0 Å². The largest absolute Gasteiger partial charge is 0.488 e. The summed E-state index contributed by atoms with van der Waals surface area (Å²) in [5.41, 5.74) is 4.33. The van der Waals surface area contributed by atoms with Crippen LogP contribution in [-0.2, 0) is 11.3 Å². The van der Waals surface area contributed by atoms with Gasteiger partial charge in [0.05, 0.1) is 23.3 Å². The second-order valence-corrected chi connectivity index (χ2v) is 9.79. The summed E-state index contributed by atoms with van der Waals surface area (Å²) in [5, 5.41) is 8.10. The molecule has 1 fully saturated rings. The topological polar surface area (TPSA) is 127 Å². The molecule has 1 saturated carbocycles. The third-order valence-electron chi connectivity index (χ3n) is 6.73. The number of pyridine rings is 2. The monoisotopic (exact) mass is 507 g/mol. The normalized spacial score (nSPS) is 17.0. The van der Waals surface area contributed by atoms with Gasteiger partial charge >= 0.3 is 0 Å². The molecule has 38 heavy (non-hydrogen) atoms. The van der Waals surface area contributed by atoms with Crippen molar-refractivity contribution < 1.29 is 14.3 Å². The number of rotatable bonds is 2. The predicted molar refractivity (Wildman–Crippen MR) is 143 cm³/mol. The SMILES string of the molecule is CC1COc2cncc(c2)CNc2nc(NC(=O)C3CC3)nc3[nH]cc(c23)-c2ccc3ncc(cc3c2)O1. The summed E-state index contributed by atoms with van der Waals surface area (Å²) in [7, 11) is 0. The molecule has 0 radical (unpaired) electrons. The molecule has 1 unspecified atom stereocenters. The highest BCUT2D eigenvalue weighted by Gasteiger charge is 2.30. The van der Waals surface area contributed by atoms with Crippen molar-refractivity contribution in [2.24, 2.45) is 5.92 Å². The molecule has 1 amide bonds. The van der Waals surface area contributed by atoms with Crippen molar-refractivity contribution >= 4 is 39.6 Å². The Hall–Kier alpha value is -4.73. The predicted octanol–water partition coefficient (Wildman–Crippen LogP) is 4.69. The van der Waals surface area contributed by atoms with Gasteiger partial charge in [0.2, 0.25) is 11.9 Å². The fourth-order valence-electron chi connectivity index (χ4n) is 4.65. The molecule has 4 aromatic heterocycles. The van der Waals surface area contributed by atoms with Crippen LogP contribution in [0, 0.1) is 5.92 Å². The molecular weight excluding hydrogens is 482 g/mol. The Bertz CT molecular complexity index is 1700. The Morgan fingerprint density at radius 1 is 1.08 bits per heavy atom. The number of aromatic amines is 1. The number of hydrogen-bond acceptors (Lipinski definition) is 8. The summed E-state index contributed by atoms with van der Waals surface area (Å²) in [6.45, 7) is 2.77. The van der Waals surface area contributed by atoms with E-state index >= 15 is 0 Å². The number of fused-ring (bicyclic) bond motifs is 5. The maximum Gasteiger partial charge on any atom is 0.233 e. The molecule has 10 heteroatoms. The summed E-state index contributed by atoms with van der Waals surface area (Å²) in [4.78, 5) is 34.0. The molecule has 1 aliphatic carbocycles. The smallest absolute Gasteiger partial charge is 0.233 e. The van der Waals surface area contributed by atoms with Crippen molar-refractivity contribution in [2.75, 3.05) is 17.2 Å². The van der Waals surface area contributed by atoms with E-state index in [1.807, 2.05) is 37.4 Å². The molecule has 0 saturated heterocycles. The average molecular weight is 508 g/mol. The van der Waals surface area contributed by atoms with Crippen LogP contribution < -0.4 is 20.1 Å². The molecule has 190 valence electrons. The lowest BCUT2D eigenvalue weighted by Crippen LogP contribution is -2.21. The van der Waals surface area contributed by atoms with Crippen LogP contribution in [0.5, 0.6) is 11.5 Å². The van der Waals surface area contributed by atoms with Gasteiger partial charge in [-0.1, -0.05) is 6.07 Å². The Morgan fingerprint density at radius 3 is 2.89 bits per heavy atom. The number of nitrogens with zero attached hydrogens (tertiary/aromatic N) is 4. The van der Waals surface area contributed by atoms with Gasteiger partial charge in [-0.05, 0) is 55.2 Å². The first-order valence-electron chi connectivity index (χ1n) is 12.7. The van der Waals surface area contributed by atoms with Crippen molar-refractivity contribution in [3.8, 4) is 22.6 Å². The number of nitrogens with one attached hydrogen (secondary N) is 3. The Labute approximate surface area is 217 Å². The fraction of sp³-hybridized carbons (Fsp3) is 0.250. The van der Waals surface area contributed by atoms with E-state index in [4.69, 9.17) is 14.5 Å². The van der Waals surface area contributed by atoms with E-state index in [2.05, 4.69) is 36.6 Å². The Morgan fingerprint density at radius 2 is 2.00 bits per heavy atom. The summed E-state index contributed by atoms with van der Waals surface area (Å²) in [5.74, 6) is 2.20. The first kappa shape index (κ1) is 22.5. The number of anilines is 2. The zero-order valence-electron chi connectivity index (χ0n) is 20.7. The van der Waals surface area contributed by atoms with Crippen molar-refractivity contribution in [3.63, 3.8) is 0 Å². The zero-order valence-corrected chi connectivity index (χ0v) is 20.7. The molecule has 5 bridgehead atoms. The molecule has 1 aliphatic heterocycles. The van der Waals surface area contributed by atoms with Crippen LogP contribution in [0.1, 0.15) is 25.3 Å². The molecule has 5 aromatic rings. The van der Waals surface area contributed by atoms with Gasteiger partial charge in [-0.25, -0.2) is 0 Å². The minimum absolute atomic E-state index is 0.0454. The van der Waals surface area contributed by atoms with Crippen molar-refractivity contribution in [3.05, 3.63) is 60.7 Å². The number of aromatic nitrogens is 5. The van der Waals surface area contributed by atoms with Crippen molar-refractivity contribution in [2.45, 2.75) is 32.4 Å². The van der Waals surface area contributed by atoms with E-state index in [9.17, 15) is 4.79 Å². The van der Waals surface area contributed by atoms with Crippen LogP contribution in [0.3, 0.4) is 0 Å². The molecule has 5 heterocycles. The molecule has 0 spiro atoms. The summed E-state index contributed by atoms with van der Waals surface area (Å²) in [6, 6.07) is 10.0. The number of amides is 1. The second kappa shape index (κ2) is 8.98. The number of hydrogen-bond donors (Lipinski definition) is 3. The summed E-state index contributed by atoms with van der Waals surface area (Å²) >= 11 is 0. The van der Waals surface area contributed by atoms with Gasteiger partial charge in [-0.15, -0.1) is 0 Å². The maximum absolute atomic E-state index is 12.4. The van der Waals surface area contributed by atoms with Crippen molar-refractivity contribution in [1.29, 1.82) is 0 Å². The van der Waals surface area contributed by atoms with Crippen LogP contribution in [0.15, 0.2) is 55.1 Å². The van der Waals surface area contributed by atoms with Gasteiger partial charge < -0.3 is 19.8 Å². The Balaban J connectivity index is 1.37. The third kappa shape index (κ3) is 4.34. The summed E-state index contributed by atoms with van der Waals surface area (Å²) in [6.07, 6.45) is 8.72. The minimum Gasteiger partial charge on any atom is -0.488 e. The van der Waals surface area contributed by atoms with E-state index in [0.717, 1.165) is 45.8 Å². The highest BCUT2D eigenvalue weighted by Crippen LogP contribution is 2.36. The highest BCUT2D eigenvalue weighted by atomic mass is 16.5. The van der Waals surface area contributed by atoms with E-state index in [-0.39, 0.29) is 23.9 Å². The van der Waals surface area contributed by atoms with E-state index in [1.165, 1.54) is 0 Å². The third-order valence-corrected chi connectivity index (χ3v) is 6.73.